The van der Waals surface area contributed by atoms with Gasteiger partial charge in [0, 0.05) is 51.9 Å². The molecule has 0 spiro atoms. The molecule has 1 aliphatic heterocycles. The minimum absolute atomic E-state index is 0.120. The molecule has 2 N–H and O–H groups in total. The van der Waals surface area contributed by atoms with Gasteiger partial charge in [-0.1, -0.05) is 13.3 Å². The number of sulfonamides is 1. The predicted octanol–water partition coefficient (Wildman–Crippen LogP) is 2.73. The Morgan fingerprint density at radius 3 is 2.57 bits per heavy atom. The number of aliphatic hydroxyl groups excluding tert-OH is 1. The fourth-order valence-electron chi connectivity index (χ4n) is 4.76. The van der Waals surface area contributed by atoms with Crippen LogP contribution < -0.4 is 10.3 Å². The number of aromatic nitrogens is 3. The van der Waals surface area contributed by atoms with E-state index < -0.39 is 10.0 Å². The number of piperazine rings is 1. The molecule has 202 valence electrons. The first kappa shape index (κ1) is 27.8. The molecule has 0 atom stereocenters. The molecule has 1 fully saturated rings. The summed E-state index contributed by atoms with van der Waals surface area (Å²) in [7, 11) is -1.96. The van der Waals surface area contributed by atoms with Crippen molar-refractivity contribution < 1.29 is 18.3 Å². The fourth-order valence-corrected chi connectivity index (χ4v) is 6.77. The van der Waals surface area contributed by atoms with Crippen molar-refractivity contribution in [2.24, 2.45) is 7.05 Å². The van der Waals surface area contributed by atoms with Gasteiger partial charge in [0.2, 0.25) is 10.0 Å². The first-order valence-corrected chi connectivity index (χ1v) is 14.8. The molecule has 4 rings (SSSR count). The van der Waals surface area contributed by atoms with E-state index in [0.717, 1.165) is 29.6 Å². The van der Waals surface area contributed by atoms with E-state index in [4.69, 9.17) is 14.8 Å². The quantitative estimate of drug-likeness (QED) is 0.369. The molecule has 0 radical (unpaired) electrons. The maximum Gasteiger partial charge on any atom is 0.275 e. The van der Waals surface area contributed by atoms with Gasteiger partial charge < -0.3 is 24.3 Å². The van der Waals surface area contributed by atoms with Crippen LogP contribution in [-0.4, -0.2) is 83.2 Å². The van der Waals surface area contributed by atoms with Crippen molar-refractivity contribution in [3.8, 4) is 17.1 Å². The van der Waals surface area contributed by atoms with Gasteiger partial charge in [-0.2, -0.15) is 4.31 Å². The summed E-state index contributed by atoms with van der Waals surface area (Å²) in [5.74, 6) is 0.715. The van der Waals surface area contributed by atoms with Crippen LogP contribution in [0.5, 0.6) is 5.75 Å². The number of fused-ring (bicyclic) bond motifs is 1. The van der Waals surface area contributed by atoms with E-state index in [1.807, 2.05) is 14.0 Å². The zero-order valence-electron chi connectivity index (χ0n) is 21.5. The van der Waals surface area contributed by atoms with Gasteiger partial charge in [-0.05, 0) is 53.9 Å². The van der Waals surface area contributed by atoms with E-state index in [0.29, 0.717) is 61.6 Å². The second-order valence-electron chi connectivity index (χ2n) is 9.10. The Balaban J connectivity index is 1.76. The van der Waals surface area contributed by atoms with Gasteiger partial charge in [0.15, 0.2) is 0 Å². The molecular weight excluding hydrogens is 562 g/mol. The molecule has 0 aliphatic carbocycles. The van der Waals surface area contributed by atoms with Crippen LogP contribution in [0.2, 0.25) is 0 Å². The highest BCUT2D eigenvalue weighted by molar-refractivity contribution is 9.10. The third kappa shape index (κ3) is 5.49. The summed E-state index contributed by atoms with van der Waals surface area (Å²) in [6.45, 7) is 7.11. The van der Waals surface area contributed by atoms with E-state index in [9.17, 15) is 13.2 Å². The highest BCUT2D eigenvalue weighted by atomic mass is 79.9. The highest BCUT2D eigenvalue weighted by Crippen LogP contribution is 2.34. The Hall–Kier alpha value is -2.25. The third-order valence-corrected chi connectivity index (χ3v) is 9.57. The van der Waals surface area contributed by atoms with Crippen molar-refractivity contribution in [3.05, 3.63) is 38.7 Å². The Kier molecular flexibility index (Phi) is 8.74. The number of aryl methyl sites for hydroxylation is 2. The first-order valence-electron chi connectivity index (χ1n) is 12.6. The van der Waals surface area contributed by atoms with Crippen molar-refractivity contribution in [2.45, 2.75) is 38.0 Å². The maximum atomic E-state index is 13.6. The Morgan fingerprint density at radius 1 is 1.19 bits per heavy atom. The highest BCUT2D eigenvalue weighted by Gasteiger charge is 2.29. The number of halogens is 1. The molecule has 3 aromatic rings. The normalized spacial score (nSPS) is 15.5. The van der Waals surface area contributed by atoms with Gasteiger partial charge in [-0.15, -0.1) is 0 Å². The molecule has 12 heteroatoms. The molecule has 10 nitrogen and oxygen atoms in total. The van der Waals surface area contributed by atoms with Crippen LogP contribution >= 0.6 is 15.9 Å². The number of H-pyrrole nitrogens is 1. The summed E-state index contributed by atoms with van der Waals surface area (Å²) in [4.78, 5) is 23.1. The van der Waals surface area contributed by atoms with E-state index in [1.54, 1.807) is 22.8 Å². The molecule has 1 saturated heterocycles. The lowest BCUT2D eigenvalue weighted by Crippen LogP contribution is -2.48. The molecule has 0 saturated carbocycles. The number of rotatable bonds is 10. The zero-order chi connectivity index (χ0) is 26.7. The molecule has 1 aromatic carbocycles. The van der Waals surface area contributed by atoms with E-state index in [-0.39, 0.29) is 22.9 Å². The number of hydrogen-bond acceptors (Lipinski definition) is 7. The number of ether oxygens (including phenoxy) is 1. The fraction of sp³-hybridized carbons (Fsp3) is 0.520. The number of aromatic amines is 1. The van der Waals surface area contributed by atoms with Crippen LogP contribution in [0.3, 0.4) is 0 Å². The molecule has 37 heavy (non-hydrogen) atoms. The van der Waals surface area contributed by atoms with Gasteiger partial charge in [-0.3, -0.25) is 4.79 Å². The number of nitrogens with one attached hydrogen (secondary N) is 1. The molecule has 0 unspecified atom stereocenters. The molecule has 0 bridgehead atoms. The van der Waals surface area contributed by atoms with Crippen LogP contribution in [0, 0.1) is 0 Å². The standard InChI is InChI=1S/C25H34BrN5O5S/c1-4-7-18-21-22(29(3)23(18)26)25(33)28-24(27-21)19-16-17(8-9-20(19)36-5-2)37(34,35)31-13-11-30(12-14-31)10-6-15-32/h8-9,16,32H,4-7,10-15H2,1-3H3,(H,27,28,33). The Morgan fingerprint density at radius 2 is 1.92 bits per heavy atom. The molecule has 3 heterocycles. The van der Waals surface area contributed by atoms with Crippen LogP contribution in [-0.2, 0) is 23.5 Å². The summed E-state index contributed by atoms with van der Waals surface area (Å²) in [6.07, 6.45) is 2.29. The number of aliphatic hydroxyl groups is 1. The van der Waals surface area contributed by atoms with E-state index in [1.165, 1.54) is 4.31 Å². The lowest BCUT2D eigenvalue weighted by atomic mass is 10.1. The van der Waals surface area contributed by atoms with E-state index in [2.05, 4.69) is 32.7 Å². The van der Waals surface area contributed by atoms with Crippen molar-refractivity contribution in [1.82, 2.24) is 23.7 Å². The monoisotopic (exact) mass is 595 g/mol. The summed E-state index contributed by atoms with van der Waals surface area (Å²) in [5, 5.41) is 9.07. The van der Waals surface area contributed by atoms with Crippen molar-refractivity contribution in [3.63, 3.8) is 0 Å². The summed E-state index contributed by atoms with van der Waals surface area (Å²) < 4.78 is 37.0. The van der Waals surface area contributed by atoms with Gasteiger partial charge >= 0.3 is 0 Å². The van der Waals surface area contributed by atoms with Gasteiger partial charge in [0.25, 0.3) is 5.56 Å². The average molecular weight is 597 g/mol. The molecular formula is C25H34BrN5O5S. The lowest BCUT2D eigenvalue weighted by molar-refractivity contribution is 0.171. The Bertz CT molecular complexity index is 1430. The maximum absolute atomic E-state index is 13.6. The second-order valence-corrected chi connectivity index (χ2v) is 11.8. The first-order chi connectivity index (χ1) is 17.7. The predicted molar refractivity (Wildman–Crippen MR) is 147 cm³/mol. The number of nitrogens with zero attached hydrogens (tertiary/aromatic N) is 4. The summed E-state index contributed by atoms with van der Waals surface area (Å²) in [5.41, 5.74) is 2.10. The van der Waals surface area contributed by atoms with Crippen LogP contribution in [0.15, 0.2) is 32.5 Å². The molecule has 1 aliphatic rings. The van der Waals surface area contributed by atoms with E-state index >= 15 is 0 Å². The topological polar surface area (TPSA) is 121 Å². The van der Waals surface area contributed by atoms with Gasteiger partial charge in [0.05, 0.1) is 21.7 Å². The molecule has 2 aromatic heterocycles. The Labute approximate surface area is 225 Å². The number of benzene rings is 1. The minimum Gasteiger partial charge on any atom is -0.493 e. The third-order valence-electron chi connectivity index (χ3n) is 6.67. The van der Waals surface area contributed by atoms with Crippen molar-refractivity contribution >= 4 is 37.0 Å². The van der Waals surface area contributed by atoms with Crippen LogP contribution in [0.25, 0.3) is 22.4 Å². The van der Waals surface area contributed by atoms with Crippen molar-refractivity contribution in [2.75, 3.05) is 45.9 Å². The van der Waals surface area contributed by atoms with Crippen molar-refractivity contribution in [1.29, 1.82) is 0 Å². The minimum atomic E-state index is -3.77. The second kappa shape index (κ2) is 11.6. The SMILES string of the molecule is CCCc1c(Br)n(C)c2c(=O)[nH]c(-c3cc(S(=O)(=O)N4CCN(CCCO)CC4)ccc3OCC)nc12. The van der Waals surface area contributed by atoms with Gasteiger partial charge in [-0.25, -0.2) is 13.4 Å². The largest absolute Gasteiger partial charge is 0.493 e. The summed E-state index contributed by atoms with van der Waals surface area (Å²) >= 11 is 3.59. The lowest BCUT2D eigenvalue weighted by Gasteiger charge is -2.33. The smallest absolute Gasteiger partial charge is 0.275 e. The summed E-state index contributed by atoms with van der Waals surface area (Å²) in [6, 6.07) is 4.71. The van der Waals surface area contributed by atoms with Crippen LogP contribution in [0.4, 0.5) is 0 Å². The van der Waals surface area contributed by atoms with Crippen LogP contribution in [0.1, 0.15) is 32.3 Å². The zero-order valence-corrected chi connectivity index (χ0v) is 23.9. The number of hydrogen-bond donors (Lipinski definition) is 2. The average Bonchev–Trinajstić information content (AvgIpc) is 3.13. The van der Waals surface area contributed by atoms with Gasteiger partial charge in [0.1, 0.15) is 22.6 Å². The molecule has 0 amide bonds.